The minimum Gasteiger partial charge on any atom is -0.341 e. The molecule has 0 bridgehead atoms. The Balaban J connectivity index is 2.66. The number of hydrogen-bond donors (Lipinski definition) is 1. The third kappa shape index (κ3) is 1.57. The smallest absolute Gasteiger partial charge is 0.112 e. The zero-order valence-corrected chi connectivity index (χ0v) is 9.83. The van der Waals surface area contributed by atoms with Gasteiger partial charge in [-0.3, -0.25) is 0 Å². The number of imidazole rings is 1. The molecule has 0 radical (unpaired) electrons. The third-order valence-electron chi connectivity index (χ3n) is 3.16. The summed E-state index contributed by atoms with van der Waals surface area (Å²) in [4.78, 5) is 7.85. The zero-order chi connectivity index (χ0) is 11.8. The summed E-state index contributed by atoms with van der Waals surface area (Å²) < 4.78 is 0. The number of nitriles is 1. The lowest BCUT2D eigenvalue weighted by atomic mass is 9.90. The highest BCUT2D eigenvalue weighted by molar-refractivity contribution is 5.81. The number of H-pyrrole nitrogens is 1. The van der Waals surface area contributed by atoms with Gasteiger partial charge in [-0.2, -0.15) is 5.26 Å². The molecule has 1 N–H and O–H groups in total. The standard InChI is InChI=1S/C13H15N3/c1-4-13(2,3)12-15-10-7-5-6-9(8-14)11(10)16-12/h5-7H,4H2,1-3H3,(H,15,16). The summed E-state index contributed by atoms with van der Waals surface area (Å²) in [5, 5.41) is 9.00. The summed E-state index contributed by atoms with van der Waals surface area (Å²) in [5.74, 6) is 0.952. The first kappa shape index (κ1) is 10.7. The number of nitrogens with one attached hydrogen (secondary N) is 1. The Kier molecular flexibility index (Phi) is 2.43. The summed E-state index contributed by atoms with van der Waals surface area (Å²) in [5.41, 5.74) is 2.37. The molecule has 0 aliphatic heterocycles. The van der Waals surface area contributed by atoms with Crippen LogP contribution in [0, 0.1) is 11.3 Å². The van der Waals surface area contributed by atoms with E-state index < -0.39 is 0 Å². The minimum atomic E-state index is 0.0196. The van der Waals surface area contributed by atoms with Gasteiger partial charge in [-0.05, 0) is 18.6 Å². The highest BCUT2D eigenvalue weighted by Crippen LogP contribution is 2.27. The Morgan fingerprint density at radius 1 is 1.44 bits per heavy atom. The molecule has 2 rings (SSSR count). The van der Waals surface area contributed by atoms with Crippen LogP contribution in [0.1, 0.15) is 38.6 Å². The van der Waals surface area contributed by atoms with Gasteiger partial charge in [0, 0.05) is 5.41 Å². The number of para-hydroxylation sites is 1. The van der Waals surface area contributed by atoms with Crippen LogP contribution in [0.25, 0.3) is 11.0 Å². The summed E-state index contributed by atoms with van der Waals surface area (Å²) in [6.07, 6.45) is 1.01. The first-order valence-corrected chi connectivity index (χ1v) is 5.48. The SMILES string of the molecule is CCC(C)(C)c1nc2c(C#N)cccc2[nH]1. The summed E-state index contributed by atoms with van der Waals surface area (Å²) in [6, 6.07) is 7.80. The van der Waals surface area contributed by atoms with Crippen LogP contribution in [0.15, 0.2) is 18.2 Å². The molecule has 1 aromatic heterocycles. The molecule has 0 saturated carbocycles. The van der Waals surface area contributed by atoms with E-state index in [1.54, 1.807) is 6.07 Å². The van der Waals surface area contributed by atoms with Gasteiger partial charge in [0.1, 0.15) is 17.4 Å². The number of nitrogens with zero attached hydrogens (tertiary/aromatic N) is 2. The molecule has 0 saturated heterocycles. The van der Waals surface area contributed by atoms with Crippen molar-refractivity contribution in [3.8, 4) is 6.07 Å². The second kappa shape index (κ2) is 3.64. The summed E-state index contributed by atoms with van der Waals surface area (Å²) in [7, 11) is 0. The van der Waals surface area contributed by atoms with E-state index in [9.17, 15) is 0 Å². The average molecular weight is 213 g/mol. The van der Waals surface area contributed by atoms with Gasteiger partial charge in [0.25, 0.3) is 0 Å². The van der Waals surface area contributed by atoms with E-state index in [0.717, 1.165) is 23.3 Å². The number of benzene rings is 1. The van der Waals surface area contributed by atoms with Crippen molar-refractivity contribution in [1.82, 2.24) is 9.97 Å². The number of aromatic amines is 1. The topological polar surface area (TPSA) is 52.5 Å². The Labute approximate surface area is 95.1 Å². The van der Waals surface area contributed by atoms with E-state index in [1.165, 1.54) is 0 Å². The second-order valence-corrected chi connectivity index (χ2v) is 4.64. The first-order valence-electron chi connectivity index (χ1n) is 5.48. The van der Waals surface area contributed by atoms with Crippen LogP contribution in [-0.2, 0) is 5.41 Å². The maximum atomic E-state index is 9.00. The van der Waals surface area contributed by atoms with Crippen LogP contribution in [-0.4, -0.2) is 9.97 Å². The predicted octanol–water partition coefficient (Wildman–Crippen LogP) is 3.12. The normalized spacial score (nSPS) is 11.6. The van der Waals surface area contributed by atoms with E-state index >= 15 is 0 Å². The molecular weight excluding hydrogens is 198 g/mol. The van der Waals surface area contributed by atoms with Crippen LogP contribution >= 0.6 is 0 Å². The average Bonchev–Trinajstić information content (AvgIpc) is 2.73. The van der Waals surface area contributed by atoms with Gasteiger partial charge in [0.05, 0.1) is 11.1 Å². The largest absolute Gasteiger partial charge is 0.341 e. The van der Waals surface area contributed by atoms with Crippen molar-refractivity contribution >= 4 is 11.0 Å². The molecule has 1 aromatic carbocycles. The van der Waals surface area contributed by atoms with Gasteiger partial charge in [0.15, 0.2) is 0 Å². The van der Waals surface area contributed by atoms with E-state index in [0.29, 0.717) is 5.56 Å². The fourth-order valence-electron chi connectivity index (χ4n) is 1.61. The Morgan fingerprint density at radius 2 is 2.19 bits per heavy atom. The Morgan fingerprint density at radius 3 is 2.81 bits per heavy atom. The van der Waals surface area contributed by atoms with E-state index in [4.69, 9.17) is 5.26 Å². The molecule has 2 aromatic rings. The van der Waals surface area contributed by atoms with Gasteiger partial charge >= 0.3 is 0 Å². The quantitative estimate of drug-likeness (QED) is 0.833. The zero-order valence-electron chi connectivity index (χ0n) is 9.83. The number of hydrogen-bond acceptors (Lipinski definition) is 2. The minimum absolute atomic E-state index is 0.0196. The lowest BCUT2D eigenvalue weighted by Gasteiger charge is -2.18. The Hall–Kier alpha value is -1.82. The van der Waals surface area contributed by atoms with Crippen LogP contribution in [0.3, 0.4) is 0 Å². The maximum Gasteiger partial charge on any atom is 0.112 e. The lowest BCUT2D eigenvalue weighted by molar-refractivity contribution is 0.479. The van der Waals surface area contributed by atoms with Crippen molar-refractivity contribution in [1.29, 1.82) is 5.26 Å². The van der Waals surface area contributed by atoms with Crippen molar-refractivity contribution < 1.29 is 0 Å². The van der Waals surface area contributed by atoms with Gasteiger partial charge in [-0.15, -0.1) is 0 Å². The molecule has 0 fully saturated rings. The van der Waals surface area contributed by atoms with Gasteiger partial charge < -0.3 is 4.98 Å². The molecule has 0 unspecified atom stereocenters. The van der Waals surface area contributed by atoms with Gasteiger partial charge in [-0.1, -0.05) is 26.8 Å². The molecule has 0 aliphatic carbocycles. The van der Waals surface area contributed by atoms with Crippen LogP contribution in [0.2, 0.25) is 0 Å². The third-order valence-corrected chi connectivity index (χ3v) is 3.16. The van der Waals surface area contributed by atoms with E-state index in [-0.39, 0.29) is 5.41 Å². The molecule has 0 aliphatic rings. The predicted molar refractivity (Wildman–Crippen MR) is 64.1 cm³/mol. The molecule has 0 atom stereocenters. The van der Waals surface area contributed by atoms with Crippen molar-refractivity contribution in [3.05, 3.63) is 29.6 Å². The monoisotopic (exact) mass is 213 g/mol. The second-order valence-electron chi connectivity index (χ2n) is 4.64. The van der Waals surface area contributed by atoms with E-state index in [2.05, 4.69) is 36.8 Å². The summed E-state index contributed by atoms with van der Waals surface area (Å²) in [6.45, 7) is 6.44. The molecule has 0 amide bonds. The van der Waals surface area contributed by atoms with Crippen LogP contribution in [0.5, 0.6) is 0 Å². The highest BCUT2D eigenvalue weighted by atomic mass is 14.9. The first-order chi connectivity index (χ1) is 7.58. The molecule has 3 heteroatoms. The number of rotatable bonds is 2. The van der Waals surface area contributed by atoms with Crippen molar-refractivity contribution in [2.24, 2.45) is 0 Å². The Bertz CT molecular complexity index is 558. The number of aromatic nitrogens is 2. The van der Waals surface area contributed by atoms with Gasteiger partial charge in [-0.25, -0.2) is 4.98 Å². The summed E-state index contributed by atoms with van der Waals surface area (Å²) >= 11 is 0. The van der Waals surface area contributed by atoms with Crippen LogP contribution in [0.4, 0.5) is 0 Å². The fraction of sp³-hybridized carbons (Fsp3) is 0.385. The maximum absolute atomic E-state index is 9.00. The molecule has 1 heterocycles. The number of fused-ring (bicyclic) bond motifs is 1. The molecular formula is C13H15N3. The molecule has 16 heavy (non-hydrogen) atoms. The van der Waals surface area contributed by atoms with E-state index in [1.807, 2.05) is 12.1 Å². The fourth-order valence-corrected chi connectivity index (χ4v) is 1.61. The molecule has 82 valence electrons. The van der Waals surface area contributed by atoms with Crippen LogP contribution < -0.4 is 0 Å². The molecule has 3 nitrogen and oxygen atoms in total. The van der Waals surface area contributed by atoms with Crippen molar-refractivity contribution in [2.45, 2.75) is 32.6 Å². The molecule has 0 spiro atoms. The lowest BCUT2D eigenvalue weighted by Crippen LogP contribution is -2.17. The van der Waals surface area contributed by atoms with Gasteiger partial charge in [0.2, 0.25) is 0 Å². The van der Waals surface area contributed by atoms with Crippen molar-refractivity contribution in [2.75, 3.05) is 0 Å². The van der Waals surface area contributed by atoms with Crippen molar-refractivity contribution in [3.63, 3.8) is 0 Å². The highest BCUT2D eigenvalue weighted by Gasteiger charge is 2.22.